The molecule has 0 N–H and O–H groups in total. The molecule has 2 atom stereocenters. The SMILES string of the molecule is COc1cc2c(cc1OC)N(C(=O)C(F)(F)F)C[C@@H]1C2=NO[C@H]1CN1CCN(C(=O)OC(C)(C)C)CC1. The number of piperazine rings is 1. The van der Waals surface area contributed by atoms with Crippen LogP contribution in [0.1, 0.15) is 26.3 Å². The molecule has 2 amide bonds. The lowest BCUT2D eigenvalue weighted by molar-refractivity contribution is -0.170. The number of rotatable bonds is 4. The fourth-order valence-electron chi connectivity index (χ4n) is 4.69. The number of ether oxygens (including phenoxy) is 3. The molecule has 0 saturated carbocycles. The molecule has 0 bridgehead atoms. The molecule has 37 heavy (non-hydrogen) atoms. The fraction of sp³-hybridized carbons (Fsp3) is 0.625. The number of hydrogen-bond acceptors (Lipinski definition) is 8. The number of methoxy groups -OCH3 is 2. The Morgan fingerprint density at radius 2 is 1.68 bits per heavy atom. The Hall–Kier alpha value is -3.22. The molecule has 3 heterocycles. The molecule has 3 aliphatic heterocycles. The maximum atomic E-state index is 13.5. The van der Waals surface area contributed by atoms with Crippen LogP contribution in [0.2, 0.25) is 0 Å². The van der Waals surface area contributed by atoms with Gasteiger partial charge in [-0.2, -0.15) is 13.2 Å². The van der Waals surface area contributed by atoms with E-state index in [0.29, 0.717) is 54.6 Å². The van der Waals surface area contributed by atoms with Crippen molar-refractivity contribution < 1.29 is 41.8 Å². The number of fused-ring (bicyclic) bond motifs is 3. The number of amides is 2. The van der Waals surface area contributed by atoms with Gasteiger partial charge in [0.2, 0.25) is 0 Å². The average Bonchev–Trinajstić information content (AvgIpc) is 3.23. The van der Waals surface area contributed by atoms with Gasteiger partial charge in [-0.3, -0.25) is 9.69 Å². The molecule has 0 unspecified atom stereocenters. The van der Waals surface area contributed by atoms with Gasteiger partial charge in [0.15, 0.2) is 11.5 Å². The highest BCUT2D eigenvalue weighted by Gasteiger charge is 2.50. The number of anilines is 1. The van der Waals surface area contributed by atoms with Gasteiger partial charge in [0.1, 0.15) is 11.7 Å². The minimum atomic E-state index is -5.06. The van der Waals surface area contributed by atoms with Crippen molar-refractivity contribution >= 4 is 23.4 Å². The van der Waals surface area contributed by atoms with Crippen LogP contribution < -0.4 is 14.4 Å². The van der Waals surface area contributed by atoms with E-state index in [4.69, 9.17) is 19.0 Å². The summed E-state index contributed by atoms with van der Waals surface area (Å²) in [5, 5.41) is 4.21. The second-order valence-electron chi connectivity index (χ2n) is 10.1. The molecule has 0 spiro atoms. The Bertz CT molecular complexity index is 1080. The molecular weight excluding hydrogens is 497 g/mol. The smallest absolute Gasteiger partial charge is 0.471 e. The predicted octanol–water partition coefficient (Wildman–Crippen LogP) is 2.88. The number of benzene rings is 1. The normalized spacial score (nSPS) is 22.0. The van der Waals surface area contributed by atoms with Gasteiger partial charge in [0.05, 0.1) is 31.5 Å². The van der Waals surface area contributed by atoms with Crippen LogP contribution in [0.15, 0.2) is 17.3 Å². The van der Waals surface area contributed by atoms with Crippen molar-refractivity contribution in [2.75, 3.05) is 58.4 Å². The number of nitrogens with zero attached hydrogens (tertiary/aromatic N) is 4. The van der Waals surface area contributed by atoms with E-state index in [2.05, 4.69) is 10.1 Å². The van der Waals surface area contributed by atoms with Crippen LogP contribution in [0.25, 0.3) is 0 Å². The summed E-state index contributed by atoms with van der Waals surface area (Å²) in [4.78, 5) is 34.8. The van der Waals surface area contributed by atoms with Gasteiger partial charge in [-0.05, 0) is 26.8 Å². The highest BCUT2D eigenvalue weighted by Crippen LogP contribution is 2.43. The van der Waals surface area contributed by atoms with E-state index in [0.717, 1.165) is 0 Å². The molecule has 1 fully saturated rings. The van der Waals surface area contributed by atoms with Gasteiger partial charge < -0.3 is 28.8 Å². The molecule has 204 valence electrons. The molecule has 10 nitrogen and oxygen atoms in total. The Morgan fingerprint density at radius 1 is 1.05 bits per heavy atom. The van der Waals surface area contributed by atoms with E-state index in [1.807, 2.05) is 0 Å². The van der Waals surface area contributed by atoms with Crippen LogP contribution in [0.5, 0.6) is 11.5 Å². The van der Waals surface area contributed by atoms with Crippen LogP contribution >= 0.6 is 0 Å². The van der Waals surface area contributed by atoms with Crippen LogP contribution in [0.4, 0.5) is 23.7 Å². The molecule has 1 aromatic carbocycles. The van der Waals surface area contributed by atoms with E-state index in [1.165, 1.54) is 26.4 Å². The lowest BCUT2D eigenvalue weighted by Crippen LogP contribution is -2.54. The first-order valence-electron chi connectivity index (χ1n) is 11.9. The molecule has 0 aromatic heterocycles. The number of carbonyl (C=O) groups is 2. The molecule has 4 rings (SSSR count). The second kappa shape index (κ2) is 9.92. The van der Waals surface area contributed by atoms with Gasteiger partial charge in [-0.25, -0.2) is 4.79 Å². The highest BCUT2D eigenvalue weighted by molar-refractivity contribution is 6.14. The van der Waals surface area contributed by atoms with Gasteiger partial charge in [0.25, 0.3) is 0 Å². The summed E-state index contributed by atoms with van der Waals surface area (Å²) in [6.45, 7) is 7.49. The minimum absolute atomic E-state index is 0.0326. The lowest BCUT2D eigenvalue weighted by Gasteiger charge is -2.38. The summed E-state index contributed by atoms with van der Waals surface area (Å²) in [7, 11) is 2.77. The lowest BCUT2D eigenvalue weighted by atomic mass is 9.86. The summed E-state index contributed by atoms with van der Waals surface area (Å²) in [6.07, 6.45) is -6.02. The van der Waals surface area contributed by atoms with Crippen LogP contribution in [0.3, 0.4) is 0 Å². The van der Waals surface area contributed by atoms with Crippen molar-refractivity contribution in [3.05, 3.63) is 17.7 Å². The van der Waals surface area contributed by atoms with Crippen molar-refractivity contribution in [2.45, 2.75) is 38.7 Å². The third-order valence-corrected chi connectivity index (χ3v) is 6.48. The highest BCUT2D eigenvalue weighted by atomic mass is 19.4. The number of halogens is 3. The molecule has 0 aliphatic carbocycles. The first kappa shape index (κ1) is 26.8. The second-order valence-corrected chi connectivity index (χ2v) is 10.1. The Morgan fingerprint density at radius 3 is 2.24 bits per heavy atom. The Balaban J connectivity index is 1.52. The maximum Gasteiger partial charge on any atom is 0.471 e. The summed E-state index contributed by atoms with van der Waals surface area (Å²) >= 11 is 0. The standard InChI is InChI=1S/C24H31F3N4O6/c1-23(2,3)36-22(33)30-8-6-29(7-9-30)13-19-15-12-31(21(32)24(25,26)27)16-11-18(35-5)17(34-4)10-14(16)20(15)28-37-19/h10-11,15,19H,6-9,12-13H2,1-5H3/t15-,19-/m0/s1. The van der Waals surface area contributed by atoms with Gasteiger partial charge in [-0.1, -0.05) is 5.16 Å². The molecule has 3 aliphatic rings. The van der Waals surface area contributed by atoms with E-state index in [1.54, 1.807) is 25.7 Å². The maximum absolute atomic E-state index is 13.5. The monoisotopic (exact) mass is 528 g/mol. The first-order valence-corrected chi connectivity index (χ1v) is 11.9. The van der Waals surface area contributed by atoms with E-state index in [-0.39, 0.29) is 24.1 Å². The largest absolute Gasteiger partial charge is 0.493 e. The third kappa shape index (κ3) is 5.55. The molecule has 1 aromatic rings. The average molecular weight is 529 g/mol. The predicted molar refractivity (Wildman–Crippen MR) is 127 cm³/mol. The number of hydrogen-bond donors (Lipinski definition) is 0. The number of alkyl halides is 3. The van der Waals surface area contributed by atoms with Crippen molar-refractivity contribution in [2.24, 2.45) is 11.1 Å². The van der Waals surface area contributed by atoms with Crippen LogP contribution in [0, 0.1) is 5.92 Å². The zero-order valence-electron chi connectivity index (χ0n) is 21.4. The van der Waals surface area contributed by atoms with Gasteiger partial charge in [0, 0.05) is 50.9 Å². The zero-order chi connectivity index (χ0) is 27.1. The minimum Gasteiger partial charge on any atom is -0.493 e. The molecule has 0 radical (unpaired) electrons. The Labute approximate surface area is 212 Å². The van der Waals surface area contributed by atoms with E-state index < -0.39 is 29.7 Å². The number of carbonyl (C=O) groups excluding carboxylic acids is 2. The quantitative estimate of drug-likeness (QED) is 0.594. The summed E-state index contributed by atoms with van der Waals surface area (Å²) in [5.41, 5.74) is 0.220. The van der Waals surface area contributed by atoms with Gasteiger partial charge in [-0.15, -0.1) is 0 Å². The van der Waals surface area contributed by atoms with Crippen molar-refractivity contribution in [3.8, 4) is 11.5 Å². The first-order chi connectivity index (χ1) is 17.3. The number of oxime groups is 1. The molecular formula is C24H31F3N4O6. The van der Waals surface area contributed by atoms with Crippen molar-refractivity contribution in [1.82, 2.24) is 9.80 Å². The zero-order valence-corrected chi connectivity index (χ0v) is 21.4. The van der Waals surface area contributed by atoms with Crippen LogP contribution in [-0.2, 0) is 14.4 Å². The Kier molecular flexibility index (Phi) is 7.19. The third-order valence-electron chi connectivity index (χ3n) is 6.48. The van der Waals surface area contributed by atoms with Crippen molar-refractivity contribution in [1.29, 1.82) is 0 Å². The topological polar surface area (TPSA) is 93.1 Å². The van der Waals surface area contributed by atoms with E-state index in [9.17, 15) is 22.8 Å². The van der Waals surface area contributed by atoms with Gasteiger partial charge >= 0.3 is 18.2 Å². The van der Waals surface area contributed by atoms with Crippen molar-refractivity contribution in [3.63, 3.8) is 0 Å². The fourth-order valence-corrected chi connectivity index (χ4v) is 4.69. The summed E-state index contributed by atoms with van der Waals surface area (Å²) in [5.74, 6) is -2.07. The molecule has 13 heteroatoms. The summed E-state index contributed by atoms with van der Waals surface area (Å²) < 4.78 is 56.5. The summed E-state index contributed by atoms with van der Waals surface area (Å²) in [6, 6.07) is 2.86. The van der Waals surface area contributed by atoms with Crippen LogP contribution in [-0.4, -0.2) is 98.9 Å². The van der Waals surface area contributed by atoms with E-state index >= 15 is 0 Å². The molecule has 1 saturated heterocycles.